The van der Waals surface area contributed by atoms with Crippen LogP contribution in [0.3, 0.4) is 0 Å². The number of carbonyl (C=O) groups is 2. The zero-order valence-corrected chi connectivity index (χ0v) is 11.1. The van der Waals surface area contributed by atoms with Crippen molar-refractivity contribution in [2.75, 3.05) is 13.7 Å². The minimum absolute atomic E-state index is 0.236. The SMILES string of the molecule is COC(=O)C(=O)N(CCC(C)C)C1CCCC1. The van der Waals surface area contributed by atoms with Crippen LogP contribution < -0.4 is 0 Å². The fraction of sp³-hybridized carbons (Fsp3) is 0.846. The van der Waals surface area contributed by atoms with E-state index in [2.05, 4.69) is 18.6 Å². The molecule has 0 N–H and O–H groups in total. The molecule has 0 aromatic heterocycles. The van der Waals surface area contributed by atoms with Gasteiger partial charge in [-0.2, -0.15) is 0 Å². The fourth-order valence-corrected chi connectivity index (χ4v) is 2.27. The third-order valence-corrected chi connectivity index (χ3v) is 3.33. The maximum Gasteiger partial charge on any atom is 0.396 e. The highest BCUT2D eigenvalue weighted by atomic mass is 16.5. The highest BCUT2D eigenvalue weighted by Gasteiger charge is 2.30. The predicted molar refractivity (Wildman–Crippen MR) is 65.4 cm³/mol. The molecule has 4 nitrogen and oxygen atoms in total. The standard InChI is InChI=1S/C13H23NO3/c1-10(2)8-9-14(11-6-4-5-7-11)12(15)13(16)17-3/h10-11H,4-9H2,1-3H3. The summed E-state index contributed by atoms with van der Waals surface area (Å²) in [5, 5.41) is 0. The van der Waals surface area contributed by atoms with Crippen molar-refractivity contribution >= 4 is 11.9 Å². The van der Waals surface area contributed by atoms with Gasteiger partial charge < -0.3 is 9.64 Å². The van der Waals surface area contributed by atoms with E-state index >= 15 is 0 Å². The number of amides is 1. The summed E-state index contributed by atoms with van der Waals surface area (Å²) in [4.78, 5) is 25.0. The summed E-state index contributed by atoms with van der Waals surface area (Å²) in [6.45, 7) is 4.90. The van der Waals surface area contributed by atoms with Crippen molar-refractivity contribution in [2.24, 2.45) is 5.92 Å². The molecule has 4 heteroatoms. The van der Waals surface area contributed by atoms with Gasteiger partial charge in [0.25, 0.3) is 0 Å². The third-order valence-electron chi connectivity index (χ3n) is 3.33. The lowest BCUT2D eigenvalue weighted by atomic mass is 10.1. The molecule has 0 heterocycles. The lowest BCUT2D eigenvalue weighted by molar-refractivity contribution is -0.159. The molecule has 17 heavy (non-hydrogen) atoms. The van der Waals surface area contributed by atoms with Gasteiger partial charge in [-0.3, -0.25) is 4.79 Å². The van der Waals surface area contributed by atoms with Crippen molar-refractivity contribution < 1.29 is 14.3 Å². The zero-order chi connectivity index (χ0) is 12.8. The van der Waals surface area contributed by atoms with Crippen LogP contribution in [0, 0.1) is 5.92 Å². The van der Waals surface area contributed by atoms with Crippen LogP contribution in [0.2, 0.25) is 0 Å². The second-order valence-corrected chi connectivity index (χ2v) is 5.11. The predicted octanol–water partition coefficient (Wildman–Crippen LogP) is 1.98. The van der Waals surface area contributed by atoms with Crippen LogP contribution in [-0.2, 0) is 14.3 Å². The Morgan fingerprint density at radius 2 is 1.88 bits per heavy atom. The van der Waals surface area contributed by atoms with E-state index in [0.29, 0.717) is 12.5 Å². The van der Waals surface area contributed by atoms with Crippen molar-refractivity contribution in [1.82, 2.24) is 4.90 Å². The molecule has 0 atom stereocenters. The maximum atomic E-state index is 11.9. The highest BCUT2D eigenvalue weighted by Crippen LogP contribution is 2.24. The Labute approximate surface area is 103 Å². The molecule has 0 aromatic rings. The number of hydrogen-bond donors (Lipinski definition) is 0. The molecule has 1 rings (SSSR count). The Kier molecular flexibility index (Phi) is 5.45. The molecule has 0 radical (unpaired) electrons. The second kappa shape index (κ2) is 6.62. The summed E-state index contributed by atoms with van der Waals surface area (Å²) < 4.78 is 4.53. The molecular weight excluding hydrogens is 218 g/mol. The number of nitrogens with zero attached hydrogens (tertiary/aromatic N) is 1. The number of rotatable bonds is 4. The van der Waals surface area contributed by atoms with E-state index in [1.165, 1.54) is 7.11 Å². The Balaban J connectivity index is 2.63. The Morgan fingerprint density at radius 1 is 1.29 bits per heavy atom. The number of esters is 1. The van der Waals surface area contributed by atoms with E-state index in [4.69, 9.17) is 0 Å². The van der Waals surface area contributed by atoms with Gasteiger partial charge in [0, 0.05) is 12.6 Å². The molecular formula is C13H23NO3. The van der Waals surface area contributed by atoms with Crippen molar-refractivity contribution in [3.8, 4) is 0 Å². The van der Waals surface area contributed by atoms with E-state index in [1.807, 2.05) is 0 Å². The van der Waals surface area contributed by atoms with Gasteiger partial charge in [0.1, 0.15) is 0 Å². The van der Waals surface area contributed by atoms with Gasteiger partial charge in [-0.25, -0.2) is 4.79 Å². The van der Waals surface area contributed by atoms with E-state index in [9.17, 15) is 9.59 Å². The molecule has 0 aromatic carbocycles. The topological polar surface area (TPSA) is 46.6 Å². The van der Waals surface area contributed by atoms with Crippen LogP contribution in [0.25, 0.3) is 0 Å². The van der Waals surface area contributed by atoms with Crippen LogP contribution in [-0.4, -0.2) is 36.5 Å². The van der Waals surface area contributed by atoms with E-state index in [-0.39, 0.29) is 6.04 Å². The van der Waals surface area contributed by atoms with Crippen LogP contribution in [0.15, 0.2) is 0 Å². The van der Waals surface area contributed by atoms with Crippen molar-refractivity contribution in [3.05, 3.63) is 0 Å². The normalized spacial score (nSPS) is 16.2. The number of methoxy groups -OCH3 is 1. The van der Waals surface area contributed by atoms with Gasteiger partial charge in [-0.15, -0.1) is 0 Å². The summed E-state index contributed by atoms with van der Waals surface area (Å²) in [7, 11) is 1.26. The van der Waals surface area contributed by atoms with Crippen LogP contribution in [0.4, 0.5) is 0 Å². The lowest BCUT2D eigenvalue weighted by Gasteiger charge is -2.28. The molecule has 98 valence electrons. The molecule has 0 bridgehead atoms. The summed E-state index contributed by atoms with van der Waals surface area (Å²) in [6.07, 6.45) is 5.26. The maximum absolute atomic E-state index is 11.9. The van der Waals surface area contributed by atoms with E-state index < -0.39 is 11.9 Å². The van der Waals surface area contributed by atoms with E-state index in [1.54, 1.807) is 4.90 Å². The minimum Gasteiger partial charge on any atom is -0.462 e. The quantitative estimate of drug-likeness (QED) is 0.558. The van der Waals surface area contributed by atoms with Crippen LogP contribution >= 0.6 is 0 Å². The molecule has 1 amide bonds. The molecule has 0 saturated heterocycles. The summed E-state index contributed by atoms with van der Waals surface area (Å²) >= 11 is 0. The van der Waals surface area contributed by atoms with Gasteiger partial charge in [0.05, 0.1) is 7.11 Å². The number of ether oxygens (including phenoxy) is 1. The molecule has 1 aliphatic rings. The summed E-state index contributed by atoms with van der Waals surface area (Å²) in [6, 6.07) is 0.236. The second-order valence-electron chi connectivity index (χ2n) is 5.11. The van der Waals surface area contributed by atoms with Gasteiger partial charge in [0.15, 0.2) is 0 Å². The Morgan fingerprint density at radius 3 is 2.35 bits per heavy atom. The third kappa shape index (κ3) is 4.02. The molecule has 1 fully saturated rings. The first kappa shape index (κ1) is 14.0. The van der Waals surface area contributed by atoms with Gasteiger partial charge >= 0.3 is 11.9 Å². The van der Waals surface area contributed by atoms with Crippen LogP contribution in [0.1, 0.15) is 46.0 Å². The average molecular weight is 241 g/mol. The molecule has 0 aliphatic heterocycles. The highest BCUT2D eigenvalue weighted by molar-refractivity contribution is 6.32. The van der Waals surface area contributed by atoms with Gasteiger partial charge in [-0.1, -0.05) is 26.7 Å². The Hall–Kier alpha value is -1.06. The summed E-state index contributed by atoms with van der Waals surface area (Å²) in [5.41, 5.74) is 0. The average Bonchev–Trinajstić information content (AvgIpc) is 2.81. The molecule has 0 spiro atoms. The Bertz CT molecular complexity index is 270. The number of hydrogen-bond acceptors (Lipinski definition) is 3. The smallest absolute Gasteiger partial charge is 0.396 e. The minimum atomic E-state index is -0.736. The van der Waals surface area contributed by atoms with E-state index in [0.717, 1.165) is 32.1 Å². The molecule has 1 aliphatic carbocycles. The monoisotopic (exact) mass is 241 g/mol. The van der Waals surface area contributed by atoms with Crippen LogP contribution in [0.5, 0.6) is 0 Å². The molecule has 1 saturated carbocycles. The lowest BCUT2D eigenvalue weighted by Crippen LogP contribution is -2.44. The first-order chi connectivity index (χ1) is 8.06. The van der Waals surface area contributed by atoms with Crippen molar-refractivity contribution in [3.63, 3.8) is 0 Å². The zero-order valence-electron chi connectivity index (χ0n) is 11.1. The molecule has 0 unspecified atom stereocenters. The van der Waals surface area contributed by atoms with Gasteiger partial charge in [-0.05, 0) is 25.2 Å². The van der Waals surface area contributed by atoms with Crippen molar-refractivity contribution in [2.45, 2.75) is 52.0 Å². The van der Waals surface area contributed by atoms with Gasteiger partial charge in [0.2, 0.25) is 0 Å². The number of carbonyl (C=O) groups excluding carboxylic acids is 2. The summed E-state index contributed by atoms with van der Waals surface area (Å²) in [5.74, 6) is -0.676. The van der Waals surface area contributed by atoms with Crippen molar-refractivity contribution in [1.29, 1.82) is 0 Å². The fourth-order valence-electron chi connectivity index (χ4n) is 2.27. The first-order valence-corrected chi connectivity index (χ1v) is 6.45. The first-order valence-electron chi connectivity index (χ1n) is 6.45. The largest absolute Gasteiger partial charge is 0.462 e.